The third-order valence-electron chi connectivity index (χ3n) is 1.72. The van der Waals surface area contributed by atoms with E-state index >= 15 is 0 Å². The SMILES string of the molecule is Cl.Cl.Cl.c1ccc(Oc2ccccc2)cc1. The van der Waals surface area contributed by atoms with Gasteiger partial charge in [0.15, 0.2) is 0 Å². The van der Waals surface area contributed by atoms with Crippen LogP contribution in [0.5, 0.6) is 11.5 Å². The molecule has 0 atom stereocenters. The number of para-hydroxylation sites is 2. The zero-order chi connectivity index (χ0) is 8.93. The molecule has 2 aromatic carbocycles. The topological polar surface area (TPSA) is 9.23 Å². The maximum absolute atomic E-state index is 5.58. The molecule has 0 unspecified atom stereocenters. The van der Waals surface area contributed by atoms with E-state index in [1.54, 1.807) is 0 Å². The van der Waals surface area contributed by atoms with Gasteiger partial charge in [-0.05, 0) is 24.3 Å². The minimum Gasteiger partial charge on any atom is -0.457 e. The maximum atomic E-state index is 5.58. The summed E-state index contributed by atoms with van der Waals surface area (Å²) in [4.78, 5) is 0. The van der Waals surface area contributed by atoms with Gasteiger partial charge in [-0.3, -0.25) is 0 Å². The molecule has 0 fully saturated rings. The van der Waals surface area contributed by atoms with Crippen LogP contribution in [-0.4, -0.2) is 0 Å². The highest BCUT2D eigenvalue weighted by molar-refractivity contribution is 5.86. The number of halogens is 3. The van der Waals surface area contributed by atoms with Gasteiger partial charge in [-0.1, -0.05) is 36.4 Å². The Labute approximate surface area is 114 Å². The van der Waals surface area contributed by atoms with Crippen LogP contribution in [-0.2, 0) is 0 Å². The summed E-state index contributed by atoms with van der Waals surface area (Å²) in [6.07, 6.45) is 0. The Bertz CT molecular complexity index is 327. The van der Waals surface area contributed by atoms with Crippen LogP contribution >= 0.6 is 37.2 Å². The van der Waals surface area contributed by atoms with E-state index < -0.39 is 0 Å². The number of benzene rings is 2. The van der Waals surface area contributed by atoms with Crippen LogP contribution < -0.4 is 4.74 Å². The molecule has 88 valence electrons. The number of hydrogen-bond acceptors (Lipinski definition) is 1. The zero-order valence-corrected chi connectivity index (χ0v) is 10.9. The molecule has 4 heteroatoms. The Morgan fingerprint density at radius 1 is 0.500 bits per heavy atom. The van der Waals surface area contributed by atoms with Crippen LogP contribution in [0.15, 0.2) is 60.7 Å². The first-order chi connectivity index (χ1) is 6.45. The first kappa shape index (κ1) is 17.5. The summed E-state index contributed by atoms with van der Waals surface area (Å²) in [6.45, 7) is 0. The minimum atomic E-state index is 0. The molecule has 0 aliphatic carbocycles. The lowest BCUT2D eigenvalue weighted by molar-refractivity contribution is 0.482. The van der Waals surface area contributed by atoms with E-state index in [1.165, 1.54) is 0 Å². The lowest BCUT2D eigenvalue weighted by Crippen LogP contribution is -1.81. The minimum absolute atomic E-state index is 0. The molecule has 0 bridgehead atoms. The molecule has 2 rings (SSSR count). The Hall–Kier alpha value is -0.890. The fourth-order valence-electron chi connectivity index (χ4n) is 1.11. The van der Waals surface area contributed by atoms with Gasteiger partial charge >= 0.3 is 0 Å². The van der Waals surface area contributed by atoms with Gasteiger partial charge in [0.1, 0.15) is 11.5 Å². The maximum Gasteiger partial charge on any atom is 0.127 e. The lowest BCUT2D eigenvalue weighted by Gasteiger charge is -2.03. The van der Waals surface area contributed by atoms with Gasteiger partial charge in [-0.15, -0.1) is 37.2 Å². The molecular weight excluding hydrogens is 266 g/mol. The Balaban J connectivity index is 0. The largest absolute Gasteiger partial charge is 0.457 e. The number of hydrogen-bond donors (Lipinski definition) is 0. The van der Waals surface area contributed by atoms with E-state index in [0.717, 1.165) is 11.5 Å². The molecule has 0 aliphatic heterocycles. The van der Waals surface area contributed by atoms with E-state index in [0.29, 0.717) is 0 Å². The highest BCUT2D eigenvalue weighted by atomic mass is 35.5. The first-order valence-corrected chi connectivity index (χ1v) is 4.23. The summed E-state index contributed by atoms with van der Waals surface area (Å²) >= 11 is 0. The van der Waals surface area contributed by atoms with Crippen molar-refractivity contribution in [1.29, 1.82) is 0 Å². The molecule has 0 radical (unpaired) electrons. The lowest BCUT2D eigenvalue weighted by atomic mass is 10.3. The fraction of sp³-hybridized carbons (Fsp3) is 0. The third-order valence-corrected chi connectivity index (χ3v) is 1.72. The molecule has 16 heavy (non-hydrogen) atoms. The van der Waals surface area contributed by atoms with Gasteiger partial charge in [0.05, 0.1) is 0 Å². The van der Waals surface area contributed by atoms with Crippen molar-refractivity contribution in [1.82, 2.24) is 0 Å². The summed E-state index contributed by atoms with van der Waals surface area (Å²) < 4.78 is 5.58. The molecule has 0 aromatic heterocycles. The van der Waals surface area contributed by atoms with Gasteiger partial charge < -0.3 is 4.74 Å². The van der Waals surface area contributed by atoms with Gasteiger partial charge in [0, 0.05) is 0 Å². The second-order valence-corrected chi connectivity index (χ2v) is 2.73. The molecule has 0 saturated heterocycles. The highest BCUT2D eigenvalue weighted by Gasteiger charge is 1.92. The zero-order valence-electron chi connectivity index (χ0n) is 8.41. The predicted octanol–water partition coefficient (Wildman–Crippen LogP) is 4.74. The van der Waals surface area contributed by atoms with E-state index in [4.69, 9.17) is 4.74 Å². The van der Waals surface area contributed by atoms with Crippen molar-refractivity contribution in [2.24, 2.45) is 0 Å². The molecule has 2 aromatic rings. The predicted molar refractivity (Wildman–Crippen MR) is 74.7 cm³/mol. The average Bonchev–Trinajstić information content (AvgIpc) is 2.21. The Morgan fingerprint density at radius 3 is 1.12 bits per heavy atom. The van der Waals surface area contributed by atoms with Crippen molar-refractivity contribution in [2.75, 3.05) is 0 Å². The summed E-state index contributed by atoms with van der Waals surface area (Å²) in [5.41, 5.74) is 0. The summed E-state index contributed by atoms with van der Waals surface area (Å²) in [7, 11) is 0. The van der Waals surface area contributed by atoms with Crippen molar-refractivity contribution < 1.29 is 4.74 Å². The molecule has 0 N–H and O–H groups in total. The quantitative estimate of drug-likeness (QED) is 0.771. The molecule has 0 spiro atoms. The van der Waals surface area contributed by atoms with Gasteiger partial charge in [0.2, 0.25) is 0 Å². The smallest absolute Gasteiger partial charge is 0.127 e. The van der Waals surface area contributed by atoms with E-state index in [1.807, 2.05) is 60.7 Å². The summed E-state index contributed by atoms with van der Waals surface area (Å²) in [5, 5.41) is 0. The van der Waals surface area contributed by atoms with Crippen molar-refractivity contribution >= 4 is 37.2 Å². The van der Waals surface area contributed by atoms with Crippen molar-refractivity contribution in [2.45, 2.75) is 0 Å². The number of ether oxygens (including phenoxy) is 1. The van der Waals surface area contributed by atoms with Crippen LogP contribution in [0.25, 0.3) is 0 Å². The normalized spacial score (nSPS) is 7.75. The Morgan fingerprint density at radius 2 is 0.812 bits per heavy atom. The van der Waals surface area contributed by atoms with E-state index in [2.05, 4.69) is 0 Å². The first-order valence-electron chi connectivity index (χ1n) is 4.23. The van der Waals surface area contributed by atoms with Crippen LogP contribution in [0, 0.1) is 0 Å². The van der Waals surface area contributed by atoms with Gasteiger partial charge in [-0.2, -0.15) is 0 Å². The molecular formula is C12H13Cl3O. The monoisotopic (exact) mass is 278 g/mol. The standard InChI is InChI=1S/C12H10O.3ClH/c1-3-7-11(8-4-1)13-12-9-5-2-6-10-12;;;/h1-10H;3*1H. The molecule has 1 nitrogen and oxygen atoms in total. The highest BCUT2D eigenvalue weighted by Crippen LogP contribution is 2.19. The van der Waals surface area contributed by atoms with Crippen LogP contribution in [0.2, 0.25) is 0 Å². The van der Waals surface area contributed by atoms with Gasteiger partial charge in [0.25, 0.3) is 0 Å². The van der Waals surface area contributed by atoms with Crippen LogP contribution in [0.1, 0.15) is 0 Å². The van der Waals surface area contributed by atoms with Crippen molar-refractivity contribution in [3.05, 3.63) is 60.7 Å². The molecule has 0 amide bonds. The van der Waals surface area contributed by atoms with Crippen molar-refractivity contribution in [3.8, 4) is 11.5 Å². The van der Waals surface area contributed by atoms with Crippen molar-refractivity contribution in [3.63, 3.8) is 0 Å². The van der Waals surface area contributed by atoms with Gasteiger partial charge in [-0.25, -0.2) is 0 Å². The second-order valence-electron chi connectivity index (χ2n) is 2.73. The summed E-state index contributed by atoms with van der Waals surface area (Å²) in [6, 6.07) is 19.5. The fourth-order valence-corrected chi connectivity index (χ4v) is 1.11. The second kappa shape index (κ2) is 9.34. The van der Waals surface area contributed by atoms with Crippen LogP contribution in [0.3, 0.4) is 0 Å². The molecule has 0 saturated carbocycles. The number of rotatable bonds is 2. The van der Waals surface area contributed by atoms with E-state index in [9.17, 15) is 0 Å². The summed E-state index contributed by atoms with van der Waals surface area (Å²) in [5.74, 6) is 1.74. The third kappa shape index (κ3) is 5.26. The van der Waals surface area contributed by atoms with Crippen LogP contribution in [0.4, 0.5) is 0 Å². The van der Waals surface area contributed by atoms with E-state index in [-0.39, 0.29) is 37.2 Å². The molecule has 0 heterocycles. The average molecular weight is 280 g/mol. The molecule has 0 aliphatic rings. The Kier molecular flexibility index (Phi) is 10.2.